The summed E-state index contributed by atoms with van der Waals surface area (Å²) in [6.07, 6.45) is -6.53. The molecule has 2 aromatic heterocycles. The maximum absolute atomic E-state index is 12.7. The Balaban J connectivity index is 1.49. The van der Waals surface area contributed by atoms with Gasteiger partial charge in [-0.05, 0) is 6.42 Å². The summed E-state index contributed by atoms with van der Waals surface area (Å²) < 4.78 is 62.0. The lowest BCUT2D eigenvalue weighted by Crippen LogP contribution is -2.46. The van der Waals surface area contributed by atoms with Crippen LogP contribution in [0.25, 0.3) is 11.2 Å². The van der Waals surface area contributed by atoms with Crippen molar-refractivity contribution in [2.75, 3.05) is 37.8 Å². The van der Waals surface area contributed by atoms with Crippen molar-refractivity contribution in [3.05, 3.63) is 12.7 Å². The molecule has 0 bridgehead atoms. The van der Waals surface area contributed by atoms with E-state index >= 15 is 0 Å². The van der Waals surface area contributed by atoms with Crippen LogP contribution in [0.4, 0.5) is 5.82 Å². The molecule has 0 spiro atoms. The number of amides is 2. The van der Waals surface area contributed by atoms with E-state index < -0.39 is 101 Å². The van der Waals surface area contributed by atoms with Crippen molar-refractivity contribution in [1.29, 1.82) is 0 Å². The van der Waals surface area contributed by atoms with E-state index in [-0.39, 0.29) is 42.2 Å². The summed E-state index contributed by atoms with van der Waals surface area (Å²) in [4.78, 5) is 99.2. The molecule has 1 aliphatic heterocycles. The van der Waals surface area contributed by atoms with Crippen LogP contribution in [-0.4, -0.2) is 128 Å². The predicted octanol–water partition coefficient (Wildman–Crippen LogP) is -0.720. The lowest BCUT2D eigenvalue weighted by molar-refractivity contribution is -0.137. The minimum atomic E-state index is -5.58. The number of aromatic nitrogens is 4. The summed E-state index contributed by atoms with van der Waals surface area (Å²) in [5.74, 6) is -2.32. The molecule has 316 valence electrons. The number of ketones is 1. The van der Waals surface area contributed by atoms with Crippen LogP contribution in [0.3, 0.4) is 0 Å². The van der Waals surface area contributed by atoms with E-state index in [1.807, 2.05) is 0 Å². The van der Waals surface area contributed by atoms with E-state index in [1.54, 1.807) is 13.8 Å². The van der Waals surface area contributed by atoms with Crippen molar-refractivity contribution in [3.8, 4) is 0 Å². The number of hydrogen-bond donors (Lipinski definition) is 9. The zero-order valence-corrected chi connectivity index (χ0v) is 33.8. The van der Waals surface area contributed by atoms with Gasteiger partial charge in [-0.1, -0.05) is 39.5 Å². The number of fused-ring (bicyclic) bond motifs is 1. The fourth-order valence-electron chi connectivity index (χ4n) is 4.73. The average molecular weight is 880 g/mol. The number of nitrogens with one attached hydrogen (secondary N) is 2. The van der Waals surface area contributed by atoms with E-state index in [9.17, 15) is 62.7 Å². The molecule has 1 saturated heterocycles. The topological polar surface area (TPSA) is 381 Å². The number of anilines is 1. The van der Waals surface area contributed by atoms with E-state index in [4.69, 9.17) is 19.5 Å². The first-order valence-electron chi connectivity index (χ1n) is 16.5. The number of carbonyl (C=O) groups excluding carboxylic acids is 4. The van der Waals surface area contributed by atoms with Gasteiger partial charge in [-0.15, -0.1) is 0 Å². The summed E-state index contributed by atoms with van der Waals surface area (Å²) in [6, 6.07) is 0. The Hall–Kier alpha value is -2.77. The van der Waals surface area contributed by atoms with Crippen molar-refractivity contribution < 1.29 is 85.3 Å². The highest BCUT2D eigenvalue weighted by Gasteiger charge is 2.50. The number of aliphatic hydroxyl groups excluding tert-OH is 2. The van der Waals surface area contributed by atoms with Crippen molar-refractivity contribution >= 4 is 74.9 Å². The average Bonchev–Trinajstić information content (AvgIpc) is 3.67. The molecule has 56 heavy (non-hydrogen) atoms. The third-order valence-electron chi connectivity index (χ3n) is 8.00. The third-order valence-corrected chi connectivity index (χ3v) is 12.0. The van der Waals surface area contributed by atoms with E-state index in [1.165, 1.54) is 13.8 Å². The van der Waals surface area contributed by atoms with Crippen LogP contribution in [0.5, 0.6) is 0 Å². The first-order valence-corrected chi connectivity index (χ1v) is 22.0. The number of thioether (sulfide) groups is 1. The van der Waals surface area contributed by atoms with Gasteiger partial charge in [0.2, 0.25) is 17.6 Å². The summed E-state index contributed by atoms with van der Waals surface area (Å²) in [7, 11) is -16.4. The minimum Gasteiger partial charge on any atom is -0.386 e. The fourth-order valence-corrected chi connectivity index (χ4v) is 8.29. The normalized spacial score (nSPS) is 22.2. The van der Waals surface area contributed by atoms with Gasteiger partial charge >= 0.3 is 23.5 Å². The molecule has 3 rings (SSSR count). The van der Waals surface area contributed by atoms with Gasteiger partial charge < -0.3 is 50.9 Å². The Kier molecular flexibility index (Phi) is 16.8. The highest BCUT2D eigenvalue weighted by Crippen LogP contribution is 2.61. The number of Topliss-reactive ketones (excluding diaryl/α,β-unsaturated/α-hetero) is 1. The predicted molar refractivity (Wildman–Crippen MR) is 192 cm³/mol. The number of aliphatic hydroxyl groups is 2. The number of carbonyl (C=O) groups is 4. The molecule has 0 aliphatic carbocycles. The lowest BCUT2D eigenvalue weighted by atomic mass is 9.87. The van der Waals surface area contributed by atoms with Crippen LogP contribution in [0, 0.1) is 11.3 Å². The number of phosphoric acid groups is 3. The van der Waals surface area contributed by atoms with Gasteiger partial charge in [0.05, 0.1) is 19.5 Å². The summed E-state index contributed by atoms with van der Waals surface area (Å²) in [6.45, 7) is 3.66. The molecule has 1 fully saturated rings. The Morgan fingerprint density at radius 2 is 1.71 bits per heavy atom. The summed E-state index contributed by atoms with van der Waals surface area (Å²) in [5.41, 5.74) is 4.22. The second-order valence-electron chi connectivity index (χ2n) is 12.9. The smallest absolute Gasteiger partial charge is 0.386 e. The zero-order chi connectivity index (χ0) is 42.2. The van der Waals surface area contributed by atoms with Gasteiger partial charge in [0.15, 0.2) is 17.7 Å². The molecule has 25 nitrogen and oxygen atoms in total. The van der Waals surface area contributed by atoms with Crippen LogP contribution in [-0.2, 0) is 55.5 Å². The van der Waals surface area contributed by atoms with Crippen molar-refractivity contribution in [2.45, 2.75) is 71.2 Å². The molecule has 0 radical (unpaired) electrons. The largest absolute Gasteiger partial charge is 0.481 e. The fraction of sp³-hybridized carbons (Fsp3) is 0.667. The highest BCUT2D eigenvalue weighted by atomic mass is 32.2. The van der Waals surface area contributed by atoms with Gasteiger partial charge in [0, 0.05) is 36.6 Å². The highest BCUT2D eigenvalue weighted by molar-refractivity contribution is 8.15. The van der Waals surface area contributed by atoms with Gasteiger partial charge in [-0.3, -0.25) is 37.3 Å². The third kappa shape index (κ3) is 13.7. The van der Waals surface area contributed by atoms with Crippen molar-refractivity contribution in [2.24, 2.45) is 11.3 Å². The Labute approximate surface area is 322 Å². The summed E-state index contributed by atoms with van der Waals surface area (Å²) in [5, 5.41) is 25.6. The lowest BCUT2D eigenvalue weighted by Gasteiger charge is -2.30. The quantitative estimate of drug-likeness (QED) is 0.0400. The molecule has 3 unspecified atom stereocenters. The molecule has 0 aromatic carbocycles. The SMILES string of the molecule is CCC(C)C(=O)C(=O)SCCNC(=O)CCNC(=O)[C@H](O)C(C)(C)COP(=O)(O)OP(=O)(O)OC[C@H]1O[C@@H](n2cnc3c(N)ncnc32)[C@H](O)[C@@H]1OP(=O)(O)O. The molecule has 2 aromatic rings. The molecule has 2 amide bonds. The Morgan fingerprint density at radius 1 is 1.05 bits per heavy atom. The number of hydrogen-bond acceptors (Lipinski definition) is 19. The summed E-state index contributed by atoms with van der Waals surface area (Å²) >= 11 is 0.772. The molecule has 29 heteroatoms. The number of imidazole rings is 1. The van der Waals surface area contributed by atoms with Gasteiger partial charge in [-0.25, -0.2) is 28.6 Å². The number of nitrogens with zero attached hydrogens (tertiary/aromatic N) is 4. The molecular weight excluding hydrogens is 835 g/mol. The van der Waals surface area contributed by atoms with E-state index in [0.717, 1.165) is 29.0 Å². The first kappa shape index (κ1) is 47.6. The van der Waals surface area contributed by atoms with Crippen LogP contribution >= 0.6 is 35.2 Å². The maximum atomic E-state index is 12.7. The molecular formula is C27H44N7O18P3S. The first-order chi connectivity index (χ1) is 25.9. The number of rotatable bonds is 22. The molecule has 0 saturated carbocycles. The van der Waals surface area contributed by atoms with Crippen molar-refractivity contribution in [1.82, 2.24) is 30.2 Å². The molecule has 3 heterocycles. The number of phosphoric ester groups is 3. The number of ether oxygens (including phenoxy) is 1. The second kappa shape index (κ2) is 19.8. The number of nitrogen functional groups attached to an aromatic ring is 1. The van der Waals surface area contributed by atoms with Crippen molar-refractivity contribution in [3.63, 3.8) is 0 Å². The maximum Gasteiger partial charge on any atom is 0.481 e. The van der Waals surface area contributed by atoms with Gasteiger partial charge in [-0.2, -0.15) is 4.31 Å². The molecule has 8 atom stereocenters. The monoisotopic (exact) mass is 879 g/mol. The zero-order valence-electron chi connectivity index (χ0n) is 30.3. The van der Waals surface area contributed by atoms with Crippen LogP contribution in [0.1, 0.15) is 46.8 Å². The van der Waals surface area contributed by atoms with Gasteiger partial charge in [0.25, 0.3) is 5.12 Å². The number of nitrogens with two attached hydrogens (primary N) is 1. The molecule has 10 N–H and O–H groups in total. The van der Waals surface area contributed by atoms with E-state index in [0.29, 0.717) is 6.42 Å². The second-order valence-corrected chi connectivity index (χ2v) is 18.2. The van der Waals surface area contributed by atoms with Crippen LogP contribution in [0.2, 0.25) is 0 Å². The van der Waals surface area contributed by atoms with Gasteiger partial charge in [0.1, 0.15) is 36.3 Å². The Morgan fingerprint density at radius 3 is 2.36 bits per heavy atom. The Bertz CT molecular complexity index is 1880. The standard InChI is InChI=1S/C27H44N7O18P3S/c1-5-14(2)18(36)26(40)56-9-8-29-16(35)6-7-30-24(39)21(38)27(3,4)11-49-55(46,47)52-54(44,45)48-10-15-20(51-53(41,42)43)19(37)25(50-15)34-13-33-17-22(28)31-12-32-23(17)34/h12-15,19-21,25,37-38H,5-11H2,1-4H3,(H,29,35)(H,30,39)(H,44,45)(H,46,47)(H2,28,31,32)(H2,41,42,43)/t14?,15-,19-,20-,21+,25-/m1/s1. The molecule has 1 aliphatic rings. The van der Waals surface area contributed by atoms with E-state index in [2.05, 4.69) is 34.4 Å². The van der Waals surface area contributed by atoms with Crippen LogP contribution < -0.4 is 16.4 Å². The van der Waals surface area contributed by atoms with Crippen LogP contribution in [0.15, 0.2) is 12.7 Å². The minimum absolute atomic E-state index is 0.0235.